The number of para-hydroxylation sites is 1. The molecule has 1 atom stereocenters. The first-order chi connectivity index (χ1) is 12.5. The van der Waals surface area contributed by atoms with Gasteiger partial charge in [0.25, 0.3) is 0 Å². The summed E-state index contributed by atoms with van der Waals surface area (Å²) in [4.78, 5) is 2.46. The van der Waals surface area contributed by atoms with E-state index in [0.717, 1.165) is 19.5 Å². The Kier molecular flexibility index (Phi) is 5.68. The summed E-state index contributed by atoms with van der Waals surface area (Å²) in [7, 11) is -0.590. The summed E-state index contributed by atoms with van der Waals surface area (Å²) < 4.78 is 38.2. The fraction of sp³-hybridized carbons (Fsp3) is 0.368. The lowest BCUT2D eigenvalue weighted by molar-refractivity contribution is 0.354. The minimum Gasteiger partial charge on any atom is -0.493 e. The van der Waals surface area contributed by atoms with Crippen molar-refractivity contribution < 1.29 is 17.9 Å². The molecule has 6 nitrogen and oxygen atoms in total. The minimum atomic E-state index is -3.59. The molecule has 0 saturated carbocycles. The highest BCUT2D eigenvalue weighted by Gasteiger charge is 2.25. The van der Waals surface area contributed by atoms with Gasteiger partial charge >= 0.3 is 0 Å². The summed E-state index contributed by atoms with van der Waals surface area (Å²) in [5.74, 6) is 1.18. The van der Waals surface area contributed by atoms with E-state index in [1.54, 1.807) is 6.07 Å². The van der Waals surface area contributed by atoms with E-state index in [0.29, 0.717) is 18.0 Å². The van der Waals surface area contributed by atoms with Gasteiger partial charge in [-0.3, -0.25) is 0 Å². The van der Waals surface area contributed by atoms with Crippen LogP contribution in [0.2, 0.25) is 0 Å². The molecule has 26 heavy (non-hydrogen) atoms. The second kappa shape index (κ2) is 7.97. The number of hydrogen-bond donors (Lipinski definition) is 1. The number of ether oxygens (including phenoxy) is 2. The largest absolute Gasteiger partial charge is 0.493 e. The molecule has 0 radical (unpaired) electrons. The van der Waals surface area contributed by atoms with Crippen LogP contribution in [0.3, 0.4) is 0 Å². The predicted molar refractivity (Wildman–Crippen MR) is 101 cm³/mol. The molecule has 3 rings (SSSR count). The molecular weight excluding hydrogens is 352 g/mol. The highest BCUT2D eigenvalue weighted by atomic mass is 32.2. The molecule has 1 aliphatic heterocycles. The van der Waals surface area contributed by atoms with Gasteiger partial charge < -0.3 is 14.4 Å². The van der Waals surface area contributed by atoms with Crippen molar-refractivity contribution in [2.24, 2.45) is 5.92 Å². The van der Waals surface area contributed by atoms with Crippen LogP contribution >= 0.6 is 0 Å². The normalized spacial score (nSPS) is 17.3. The van der Waals surface area contributed by atoms with Crippen LogP contribution in [0.25, 0.3) is 0 Å². The van der Waals surface area contributed by atoms with Gasteiger partial charge in [-0.2, -0.15) is 0 Å². The number of hydrogen-bond acceptors (Lipinski definition) is 5. The first-order valence-electron chi connectivity index (χ1n) is 8.55. The molecule has 0 spiro atoms. The van der Waals surface area contributed by atoms with E-state index in [1.807, 2.05) is 18.2 Å². The van der Waals surface area contributed by atoms with Crippen LogP contribution in [-0.2, 0) is 10.0 Å². The average molecular weight is 376 g/mol. The SMILES string of the molecule is COc1ccc(S(=O)(=O)NCC2CCN(c3ccccc3)C2)cc1OC. The van der Waals surface area contributed by atoms with Crippen molar-refractivity contribution in [3.63, 3.8) is 0 Å². The van der Waals surface area contributed by atoms with Gasteiger partial charge in [-0.15, -0.1) is 0 Å². The highest BCUT2D eigenvalue weighted by Crippen LogP contribution is 2.29. The van der Waals surface area contributed by atoms with Crippen LogP contribution in [0, 0.1) is 5.92 Å². The van der Waals surface area contributed by atoms with E-state index in [-0.39, 0.29) is 10.8 Å². The molecule has 140 valence electrons. The molecule has 1 heterocycles. The molecule has 1 saturated heterocycles. The number of sulfonamides is 1. The van der Waals surface area contributed by atoms with Gasteiger partial charge in [0.2, 0.25) is 10.0 Å². The van der Waals surface area contributed by atoms with E-state index in [1.165, 1.54) is 32.0 Å². The summed E-state index contributed by atoms with van der Waals surface area (Å²) in [5.41, 5.74) is 1.18. The van der Waals surface area contributed by atoms with Gasteiger partial charge in [-0.05, 0) is 36.6 Å². The second-order valence-electron chi connectivity index (χ2n) is 6.30. The molecule has 1 N–H and O–H groups in total. The van der Waals surface area contributed by atoms with Gasteiger partial charge in [-0.25, -0.2) is 13.1 Å². The Hall–Kier alpha value is -2.25. The fourth-order valence-corrected chi connectivity index (χ4v) is 4.30. The van der Waals surface area contributed by atoms with E-state index >= 15 is 0 Å². The van der Waals surface area contributed by atoms with Crippen molar-refractivity contribution >= 4 is 15.7 Å². The Balaban J connectivity index is 1.62. The molecule has 7 heteroatoms. The van der Waals surface area contributed by atoms with Gasteiger partial charge in [0.15, 0.2) is 11.5 Å². The molecule has 1 aliphatic rings. The van der Waals surface area contributed by atoms with Gasteiger partial charge in [0.05, 0.1) is 19.1 Å². The van der Waals surface area contributed by atoms with Crippen LogP contribution in [0.4, 0.5) is 5.69 Å². The Labute approximate surface area is 154 Å². The summed E-state index contributed by atoms with van der Waals surface area (Å²) >= 11 is 0. The maximum Gasteiger partial charge on any atom is 0.240 e. The molecule has 2 aromatic carbocycles. The van der Waals surface area contributed by atoms with E-state index in [9.17, 15) is 8.42 Å². The number of rotatable bonds is 7. The Morgan fingerprint density at radius 2 is 1.81 bits per heavy atom. The molecule has 0 aliphatic carbocycles. The van der Waals surface area contributed by atoms with Crippen LogP contribution < -0.4 is 19.1 Å². The quantitative estimate of drug-likeness (QED) is 0.804. The number of methoxy groups -OCH3 is 2. The zero-order valence-corrected chi connectivity index (χ0v) is 15.8. The first-order valence-corrected chi connectivity index (χ1v) is 10.0. The number of nitrogens with one attached hydrogen (secondary N) is 1. The maximum atomic E-state index is 12.6. The molecule has 2 aromatic rings. The third kappa shape index (κ3) is 4.11. The van der Waals surface area contributed by atoms with Crippen LogP contribution in [0.5, 0.6) is 11.5 Å². The third-order valence-corrected chi connectivity index (χ3v) is 6.06. The molecule has 1 fully saturated rings. The monoisotopic (exact) mass is 376 g/mol. The summed E-state index contributed by atoms with van der Waals surface area (Å²) in [6.45, 7) is 2.20. The molecule has 0 amide bonds. The van der Waals surface area contributed by atoms with Crippen molar-refractivity contribution in [2.75, 3.05) is 38.8 Å². The fourth-order valence-electron chi connectivity index (χ4n) is 3.17. The summed E-state index contributed by atoms with van der Waals surface area (Å²) in [6.07, 6.45) is 0.962. The van der Waals surface area contributed by atoms with Crippen molar-refractivity contribution in [2.45, 2.75) is 11.3 Å². The average Bonchev–Trinajstić information content (AvgIpc) is 3.15. The lowest BCUT2D eigenvalue weighted by atomic mass is 10.1. The van der Waals surface area contributed by atoms with Gasteiger partial charge in [0, 0.05) is 31.4 Å². The first kappa shape index (κ1) is 18.5. The smallest absolute Gasteiger partial charge is 0.240 e. The number of anilines is 1. The molecule has 0 aromatic heterocycles. The minimum absolute atomic E-state index is 0.174. The molecule has 0 bridgehead atoms. The van der Waals surface area contributed by atoms with Crippen molar-refractivity contribution in [1.29, 1.82) is 0 Å². The van der Waals surface area contributed by atoms with E-state index in [2.05, 4.69) is 21.8 Å². The van der Waals surface area contributed by atoms with Crippen molar-refractivity contribution in [3.05, 3.63) is 48.5 Å². The van der Waals surface area contributed by atoms with Crippen LogP contribution in [-0.4, -0.2) is 42.3 Å². The Morgan fingerprint density at radius 3 is 2.50 bits per heavy atom. The predicted octanol–water partition coefficient (Wildman–Crippen LogP) is 2.51. The maximum absolute atomic E-state index is 12.6. The standard InChI is InChI=1S/C19H24N2O4S/c1-24-18-9-8-17(12-19(18)25-2)26(22,23)20-13-15-10-11-21(14-15)16-6-4-3-5-7-16/h3-9,12,15,20H,10-11,13-14H2,1-2H3. The van der Waals surface area contributed by atoms with E-state index < -0.39 is 10.0 Å². The van der Waals surface area contributed by atoms with Crippen LogP contribution in [0.1, 0.15) is 6.42 Å². The zero-order chi connectivity index (χ0) is 18.6. The molecule has 1 unspecified atom stereocenters. The summed E-state index contributed by atoms with van der Waals surface area (Å²) in [6, 6.07) is 14.8. The zero-order valence-electron chi connectivity index (χ0n) is 15.0. The molecular formula is C19H24N2O4S. The topological polar surface area (TPSA) is 67.9 Å². The second-order valence-corrected chi connectivity index (χ2v) is 8.07. The number of nitrogens with zero attached hydrogens (tertiary/aromatic N) is 1. The Bertz CT molecular complexity index is 840. The third-order valence-electron chi connectivity index (χ3n) is 4.63. The van der Waals surface area contributed by atoms with Gasteiger partial charge in [0.1, 0.15) is 0 Å². The van der Waals surface area contributed by atoms with Crippen LogP contribution in [0.15, 0.2) is 53.4 Å². The van der Waals surface area contributed by atoms with Gasteiger partial charge in [-0.1, -0.05) is 18.2 Å². The Morgan fingerprint density at radius 1 is 1.08 bits per heavy atom. The van der Waals surface area contributed by atoms with Crippen molar-refractivity contribution in [3.8, 4) is 11.5 Å². The van der Waals surface area contributed by atoms with E-state index in [4.69, 9.17) is 9.47 Å². The lowest BCUT2D eigenvalue weighted by Gasteiger charge is -2.18. The highest BCUT2D eigenvalue weighted by molar-refractivity contribution is 7.89. The van der Waals surface area contributed by atoms with Crippen molar-refractivity contribution in [1.82, 2.24) is 4.72 Å². The summed E-state index contributed by atoms with van der Waals surface area (Å²) in [5, 5.41) is 0. The lowest BCUT2D eigenvalue weighted by Crippen LogP contribution is -2.31. The number of benzene rings is 2.